The van der Waals surface area contributed by atoms with Gasteiger partial charge in [0.1, 0.15) is 6.61 Å². The molecule has 0 aromatic rings. The first-order valence-corrected chi connectivity index (χ1v) is 17.5. The maximum Gasteiger partial charge on any atom is 0.462 e. The largest absolute Gasteiger partial charge is 0.462 e. The van der Waals surface area contributed by atoms with Crippen LogP contribution in [-0.4, -0.2) is 158 Å². The van der Waals surface area contributed by atoms with E-state index in [1.807, 2.05) is 0 Å². The van der Waals surface area contributed by atoms with Gasteiger partial charge in [0.25, 0.3) is 0 Å². The molecule has 7 atom stereocenters. The lowest BCUT2D eigenvalue weighted by molar-refractivity contribution is -0.609. The molecule has 0 aliphatic carbocycles. The van der Waals surface area contributed by atoms with Crippen LogP contribution in [0.25, 0.3) is 0 Å². The summed E-state index contributed by atoms with van der Waals surface area (Å²) in [6, 6.07) is 0. The molecule has 518 valence electrons. The Morgan fingerprint density at radius 3 is 0.395 bits per heavy atom. The van der Waals surface area contributed by atoms with E-state index in [1.54, 1.807) is 4.74 Å². The van der Waals surface area contributed by atoms with Crippen molar-refractivity contribution in [3.8, 4) is 0 Å². The van der Waals surface area contributed by atoms with E-state index in [0.29, 0.717) is 28.4 Å². The van der Waals surface area contributed by atoms with E-state index >= 15 is 0 Å². The van der Waals surface area contributed by atoms with Gasteiger partial charge >= 0.3 is 151 Å². The van der Waals surface area contributed by atoms with E-state index in [2.05, 4.69) is 0 Å². The number of hydrogen-bond donors (Lipinski definition) is 0. The molecule has 0 saturated carbocycles. The highest BCUT2D eigenvalue weighted by Gasteiger charge is 2.94. The lowest BCUT2D eigenvalue weighted by Crippen LogP contribution is -2.74. The van der Waals surface area contributed by atoms with Gasteiger partial charge in [-0.1, -0.05) is 0 Å². The Labute approximate surface area is 425 Å². The van der Waals surface area contributed by atoms with E-state index in [4.69, 9.17) is 0 Å². The first-order valence-electron chi connectivity index (χ1n) is 17.5. The van der Waals surface area contributed by atoms with Gasteiger partial charge in [0, 0.05) is 0 Å². The Morgan fingerprint density at radius 2 is 0.279 bits per heavy atom. The Hall–Kier alpha value is -3.96. The fraction of sp³-hybridized carbons (Fsp3) is 1.00. The zero-order chi connectivity index (χ0) is 70.9. The predicted molar refractivity (Wildman–Crippen MR) is 139 cm³/mol. The summed E-state index contributed by atoms with van der Waals surface area (Å²) in [4.78, 5) is 0. The van der Waals surface area contributed by atoms with Crippen molar-refractivity contribution >= 4 is 0 Å². The fourth-order valence-electron chi connectivity index (χ4n) is 4.10. The SMILES string of the molecule is FC(F)(F)COC(F)(F)C(F)(OC(F)(F)C(F)(OC(F)(F)C(F)(OC(F)(F)C(F)(OC(F)(F)C(F)(OC(F)(F)C(F)(OC(F)(F)C(F)(OC(F)(F)C(F)(F)C(F)(F)F)C(F)(F)F)C(F)(F)F)C(F)(F)F)C(F)(F)F)C(F)(F)F)C(F)(F)F)C(F)(F)F. The van der Waals surface area contributed by atoms with Gasteiger partial charge in [-0.25, -0.2) is 0 Å². The summed E-state index contributed by atoms with van der Waals surface area (Å²) in [6.45, 7) is -4.28. The standard InChI is InChI=1S/C26H2F52O8/c27-2(28,29)1-79-20(65,66)4(32,12(42,43)44)81-22(69,70)6(34,14(48,49)50)83-24(73,74)8(36,16(54,55)56)85-26(77,78)10(38,18(60,61)62)86-25(75,76)9(37,17(57,58)59)84-23(71,72)7(35,15(51,52)53)82-21(67,68)5(33,13(45,46)47)80-19(63,64)3(30,31)11(39,40)41/h1H2. The van der Waals surface area contributed by atoms with E-state index in [1.165, 1.54) is 0 Å². The molecular formula is C26H2F52O8. The van der Waals surface area contributed by atoms with E-state index in [0.717, 1.165) is 4.74 Å². The van der Waals surface area contributed by atoms with E-state index < -0.39 is 158 Å². The van der Waals surface area contributed by atoms with Crippen molar-refractivity contribution in [1.82, 2.24) is 0 Å². The van der Waals surface area contributed by atoms with Gasteiger partial charge in [0.2, 0.25) is 0 Å². The summed E-state index contributed by atoms with van der Waals surface area (Å²) in [6.07, 6.45) is -158. The smallest absolute Gasteiger partial charge is 0.306 e. The van der Waals surface area contributed by atoms with Crippen LogP contribution in [0.1, 0.15) is 0 Å². The molecule has 0 saturated heterocycles. The van der Waals surface area contributed by atoms with Crippen LogP contribution < -0.4 is 0 Å². The maximum atomic E-state index is 15.0. The molecule has 0 bridgehead atoms. The molecule has 0 amide bonds. The molecule has 0 rings (SSSR count). The van der Waals surface area contributed by atoms with Gasteiger partial charge in [-0.3, -0.25) is 33.2 Å². The average Bonchev–Trinajstić information content (AvgIpc) is 3.17. The molecule has 0 N–H and O–H groups in total. The molecule has 7 unspecified atom stereocenters. The van der Waals surface area contributed by atoms with Crippen LogP contribution in [0, 0.1) is 0 Å². The average molecular weight is 1430 g/mol. The van der Waals surface area contributed by atoms with Crippen molar-refractivity contribution in [3.63, 3.8) is 0 Å². The second-order valence-corrected chi connectivity index (χ2v) is 14.5. The summed E-state index contributed by atoms with van der Waals surface area (Å²) in [5, 5.41) is 0. The van der Waals surface area contributed by atoms with Crippen molar-refractivity contribution in [2.45, 2.75) is 151 Å². The van der Waals surface area contributed by atoms with Gasteiger partial charge < -0.3 is 4.74 Å². The monoisotopic (exact) mass is 1430 g/mol. The first kappa shape index (κ1) is 82.0. The highest BCUT2D eigenvalue weighted by Crippen LogP contribution is 2.65. The third-order valence-electron chi connectivity index (χ3n) is 8.19. The minimum absolute atomic E-state index is 0.408. The molecule has 8 nitrogen and oxygen atoms in total. The Kier molecular flexibility index (Phi) is 20.6. The number of alkyl halides is 52. The molecule has 0 aliphatic heterocycles. The number of halogens is 52. The number of ether oxygens (including phenoxy) is 8. The normalized spacial score (nSPS) is 20.9. The minimum Gasteiger partial charge on any atom is -0.306 e. The summed E-state index contributed by atoms with van der Waals surface area (Å²) >= 11 is 0. The summed E-state index contributed by atoms with van der Waals surface area (Å²) < 4.78 is 717. The fourth-order valence-corrected chi connectivity index (χ4v) is 4.10. The quantitative estimate of drug-likeness (QED) is 0.0885. The molecule has 60 heteroatoms. The van der Waals surface area contributed by atoms with Crippen LogP contribution in [0.4, 0.5) is 228 Å². The first-order chi connectivity index (χ1) is 36.2. The minimum atomic E-state index is -10.2. The lowest BCUT2D eigenvalue weighted by atomic mass is 10.2. The molecule has 86 heavy (non-hydrogen) atoms. The molecule has 0 aliphatic rings. The molecule has 0 fully saturated rings. The molecular weight excluding hydrogens is 1430 g/mol. The van der Waals surface area contributed by atoms with Gasteiger partial charge in [-0.15, -0.1) is 0 Å². The van der Waals surface area contributed by atoms with Crippen LogP contribution in [-0.2, 0) is 37.9 Å². The third-order valence-corrected chi connectivity index (χ3v) is 8.19. The summed E-state index contributed by atoms with van der Waals surface area (Å²) in [7, 11) is 0. The molecule has 0 radical (unpaired) electrons. The number of rotatable bonds is 24. The van der Waals surface area contributed by atoms with E-state index in [9.17, 15) is 228 Å². The second kappa shape index (κ2) is 21.6. The molecule has 0 heterocycles. The van der Waals surface area contributed by atoms with Crippen molar-refractivity contribution < 1.29 is 266 Å². The van der Waals surface area contributed by atoms with Crippen molar-refractivity contribution in [2.75, 3.05) is 6.61 Å². The van der Waals surface area contributed by atoms with Crippen molar-refractivity contribution in [1.29, 1.82) is 0 Å². The Bertz CT molecular complexity index is 2310. The van der Waals surface area contributed by atoms with Gasteiger partial charge in [0.05, 0.1) is 0 Å². The van der Waals surface area contributed by atoms with Gasteiger partial charge in [-0.05, 0) is 0 Å². The van der Waals surface area contributed by atoms with Crippen molar-refractivity contribution in [3.05, 3.63) is 0 Å². The lowest BCUT2D eigenvalue weighted by Gasteiger charge is -2.45. The van der Waals surface area contributed by atoms with Crippen LogP contribution >= 0.6 is 0 Å². The second-order valence-electron chi connectivity index (χ2n) is 14.5. The molecule has 0 aromatic carbocycles. The number of hydrogen-bond acceptors (Lipinski definition) is 8. The van der Waals surface area contributed by atoms with Crippen LogP contribution in [0.2, 0.25) is 0 Å². The van der Waals surface area contributed by atoms with Gasteiger partial charge in [0.15, 0.2) is 0 Å². The highest BCUT2D eigenvalue weighted by atomic mass is 19.5. The zero-order valence-electron chi connectivity index (χ0n) is 36.1. The highest BCUT2D eigenvalue weighted by molar-refractivity contribution is 5.03. The Morgan fingerprint density at radius 1 is 0.151 bits per heavy atom. The van der Waals surface area contributed by atoms with Crippen LogP contribution in [0.3, 0.4) is 0 Å². The summed E-state index contributed by atoms with van der Waals surface area (Å²) in [5.41, 5.74) is 0. The maximum absolute atomic E-state index is 15.0. The van der Waals surface area contributed by atoms with Crippen molar-refractivity contribution in [2.24, 2.45) is 0 Å². The molecule has 0 aromatic heterocycles. The summed E-state index contributed by atoms with van der Waals surface area (Å²) in [5.74, 6) is -77.6. The topological polar surface area (TPSA) is 73.8 Å². The van der Waals surface area contributed by atoms with Crippen LogP contribution in [0.5, 0.6) is 0 Å². The predicted octanol–water partition coefficient (Wildman–Crippen LogP) is 16.2. The van der Waals surface area contributed by atoms with Crippen LogP contribution in [0.15, 0.2) is 0 Å². The Balaban J connectivity index is 8.56. The van der Waals surface area contributed by atoms with Gasteiger partial charge in [-0.2, -0.15) is 228 Å². The molecule has 0 spiro atoms. The zero-order valence-corrected chi connectivity index (χ0v) is 36.1. The third kappa shape index (κ3) is 14.0. The van der Waals surface area contributed by atoms with E-state index in [-0.39, 0.29) is 0 Å².